The van der Waals surface area contributed by atoms with E-state index in [1.165, 1.54) is 30.3 Å². The van der Waals surface area contributed by atoms with Crippen molar-refractivity contribution in [2.24, 2.45) is 0 Å². The molecule has 214 valence electrons. The number of nitrogens with zero attached hydrogens (tertiary/aromatic N) is 2. The monoisotopic (exact) mass is 584 g/mol. The second kappa shape index (κ2) is 12.5. The van der Waals surface area contributed by atoms with Gasteiger partial charge in [-0.15, -0.1) is 0 Å². The van der Waals surface area contributed by atoms with Crippen LogP contribution < -0.4 is 11.1 Å². The number of anilines is 2. The van der Waals surface area contributed by atoms with E-state index >= 15 is 0 Å². The molecule has 0 bridgehead atoms. The van der Waals surface area contributed by atoms with Crippen molar-refractivity contribution in [1.29, 1.82) is 0 Å². The van der Waals surface area contributed by atoms with Crippen LogP contribution in [0.15, 0.2) is 97.3 Å². The SMILES string of the molecule is Nc1ccccc1-c1ccc(F)c(F)c1.O=C(Nc1ccccc1-c1ccc(F)c(F)c1)c1nccnc1C(F)(F)F. The van der Waals surface area contributed by atoms with Gasteiger partial charge in [-0.3, -0.25) is 4.79 Å². The fourth-order valence-electron chi connectivity index (χ4n) is 3.82. The number of carbonyl (C=O) groups is 1. The third-order valence-corrected chi connectivity index (χ3v) is 5.78. The Balaban J connectivity index is 0.000000227. The van der Waals surface area contributed by atoms with E-state index in [4.69, 9.17) is 5.73 Å². The van der Waals surface area contributed by atoms with Crippen molar-refractivity contribution in [2.45, 2.75) is 6.18 Å². The lowest BCUT2D eigenvalue weighted by atomic mass is 10.0. The van der Waals surface area contributed by atoms with Gasteiger partial charge in [0.2, 0.25) is 0 Å². The van der Waals surface area contributed by atoms with Crippen LogP contribution in [-0.4, -0.2) is 15.9 Å². The third-order valence-electron chi connectivity index (χ3n) is 5.78. The molecular weight excluding hydrogens is 565 g/mol. The van der Waals surface area contributed by atoms with E-state index in [1.807, 2.05) is 0 Å². The highest BCUT2D eigenvalue weighted by Crippen LogP contribution is 2.32. The van der Waals surface area contributed by atoms with E-state index < -0.39 is 46.7 Å². The molecule has 5 nitrogen and oxygen atoms in total. The largest absolute Gasteiger partial charge is 0.435 e. The number of nitrogens with one attached hydrogen (secondary N) is 1. The van der Waals surface area contributed by atoms with Crippen molar-refractivity contribution in [3.05, 3.63) is 132 Å². The maximum Gasteiger partial charge on any atom is 0.435 e. The zero-order valence-electron chi connectivity index (χ0n) is 21.3. The van der Waals surface area contributed by atoms with Crippen LogP contribution >= 0.6 is 0 Å². The Bertz CT molecular complexity index is 1740. The molecule has 5 rings (SSSR count). The predicted molar refractivity (Wildman–Crippen MR) is 143 cm³/mol. The summed E-state index contributed by atoms with van der Waals surface area (Å²) in [5.41, 5.74) is 5.86. The van der Waals surface area contributed by atoms with Gasteiger partial charge in [0.05, 0.1) is 0 Å². The van der Waals surface area contributed by atoms with Gasteiger partial charge < -0.3 is 11.1 Å². The van der Waals surface area contributed by atoms with E-state index in [-0.39, 0.29) is 11.3 Å². The number of para-hydroxylation sites is 2. The molecule has 0 fully saturated rings. The first-order valence-corrected chi connectivity index (χ1v) is 12.0. The first-order chi connectivity index (χ1) is 20.0. The van der Waals surface area contributed by atoms with Crippen molar-refractivity contribution in [1.82, 2.24) is 9.97 Å². The van der Waals surface area contributed by atoms with E-state index in [0.717, 1.165) is 36.7 Å². The van der Waals surface area contributed by atoms with Crippen LogP contribution in [0.4, 0.5) is 42.1 Å². The molecule has 0 spiro atoms. The minimum atomic E-state index is -4.86. The van der Waals surface area contributed by atoms with Crippen molar-refractivity contribution >= 4 is 17.3 Å². The lowest BCUT2D eigenvalue weighted by Gasteiger charge is -2.13. The van der Waals surface area contributed by atoms with Gasteiger partial charge in [-0.25, -0.2) is 27.5 Å². The molecule has 1 aromatic heterocycles. The molecule has 42 heavy (non-hydrogen) atoms. The van der Waals surface area contributed by atoms with Crippen LogP contribution in [0.1, 0.15) is 16.2 Å². The second-order valence-corrected chi connectivity index (χ2v) is 8.60. The topological polar surface area (TPSA) is 80.9 Å². The standard InChI is InChI=1S/C18H10F5N3O.C12H9F2N/c19-12-6-5-10(9-13(12)20)11-3-1-2-4-14(11)26-17(27)15-16(18(21,22)23)25-8-7-24-15;13-10-6-5-8(7-11(10)14)9-3-1-2-4-12(9)15/h1-9H,(H,26,27);1-7H,15H2. The van der Waals surface area contributed by atoms with Crippen LogP contribution in [0.2, 0.25) is 0 Å². The maximum atomic E-state index is 13.5. The number of aromatic nitrogens is 2. The van der Waals surface area contributed by atoms with E-state index in [0.29, 0.717) is 22.4 Å². The van der Waals surface area contributed by atoms with E-state index in [2.05, 4.69) is 15.3 Å². The van der Waals surface area contributed by atoms with E-state index in [9.17, 15) is 35.5 Å². The summed E-state index contributed by atoms with van der Waals surface area (Å²) in [6.45, 7) is 0. The summed E-state index contributed by atoms with van der Waals surface area (Å²) < 4.78 is 91.4. The quantitative estimate of drug-likeness (QED) is 0.166. The molecule has 3 N–H and O–H groups in total. The summed E-state index contributed by atoms with van der Waals surface area (Å²) >= 11 is 0. The number of amides is 1. The number of hydrogen-bond donors (Lipinski definition) is 2. The number of nitrogens with two attached hydrogens (primary N) is 1. The highest BCUT2D eigenvalue weighted by molar-refractivity contribution is 6.05. The first kappa shape index (κ1) is 29.7. The van der Waals surface area contributed by atoms with Gasteiger partial charge in [-0.05, 0) is 47.5 Å². The number of halogens is 7. The molecule has 0 saturated carbocycles. The van der Waals surface area contributed by atoms with Crippen molar-refractivity contribution in [2.75, 3.05) is 11.1 Å². The van der Waals surface area contributed by atoms with Crippen LogP contribution in [-0.2, 0) is 6.18 Å². The van der Waals surface area contributed by atoms with Gasteiger partial charge in [-0.1, -0.05) is 48.5 Å². The molecule has 0 aliphatic rings. The van der Waals surface area contributed by atoms with Gasteiger partial charge >= 0.3 is 6.18 Å². The number of rotatable bonds is 4. The third kappa shape index (κ3) is 6.89. The molecule has 0 aliphatic carbocycles. The molecule has 5 aromatic rings. The number of alkyl halides is 3. The summed E-state index contributed by atoms with van der Waals surface area (Å²) in [6.07, 6.45) is -3.07. The Kier molecular flexibility index (Phi) is 8.84. The zero-order chi connectivity index (χ0) is 30.4. The van der Waals surface area contributed by atoms with Gasteiger partial charge in [0.15, 0.2) is 34.7 Å². The molecule has 0 atom stereocenters. The molecule has 0 unspecified atom stereocenters. The Morgan fingerprint density at radius 3 is 1.76 bits per heavy atom. The summed E-state index contributed by atoms with van der Waals surface area (Å²) in [4.78, 5) is 19.0. The number of benzene rings is 4. The molecule has 1 heterocycles. The zero-order valence-corrected chi connectivity index (χ0v) is 21.3. The normalized spacial score (nSPS) is 10.9. The minimum Gasteiger partial charge on any atom is -0.398 e. The lowest BCUT2D eigenvalue weighted by Crippen LogP contribution is -2.22. The molecule has 12 heteroatoms. The van der Waals surface area contributed by atoms with Crippen LogP contribution in [0.5, 0.6) is 0 Å². The molecule has 1 amide bonds. The lowest BCUT2D eigenvalue weighted by molar-refractivity contribution is -0.141. The van der Waals surface area contributed by atoms with Crippen molar-refractivity contribution < 1.29 is 35.5 Å². The Morgan fingerprint density at radius 2 is 1.19 bits per heavy atom. The maximum absolute atomic E-state index is 13.5. The summed E-state index contributed by atoms with van der Waals surface area (Å²) in [7, 11) is 0. The van der Waals surface area contributed by atoms with Gasteiger partial charge in [0.25, 0.3) is 5.91 Å². The Morgan fingerprint density at radius 1 is 0.667 bits per heavy atom. The van der Waals surface area contributed by atoms with Gasteiger partial charge in [0.1, 0.15) is 0 Å². The Labute approximate surface area is 234 Å². The van der Waals surface area contributed by atoms with Crippen LogP contribution in [0.3, 0.4) is 0 Å². The fourth-order valence-corrected chi connectivity index (χ4v) is 3.82. The van der Waals surface area contributed by atoms with Crippen molar-refractivity contribution in [3.63, 3.8) is 0 Å². The summed E-state index contributed by atoms with van der Waals surface area (Å²) in [5, 5.41) is 2.31. The van der Waals surface area contributed by atoms with Gasteiger partial charge in [-0.2, -0.15) is 13.2 Å². The molecule has 0 radical (unpaired) electrons. The van der Waals surface area contributed by atoms with E-state index in [1.54, 1.807) is 30.3 Å². The Hall–Kier alpha value is -5.26. The minimum absolute atomic E-state index is 0.104. The highest BCUT2D eigenvalue weighted by Gasteiger charge is 2.38. The predicted octanol–water partition coefficient (Wildman–Crippen LogP) is 7.91. The molecular formula is C30H19F7N4O. The summed E-state index contributed by atoms with van der Waals surface area (Å²) in [6, 6.07) is 20.0. The summed E-state index contributed by atoms with van der Waals surface area (Å²) in [5.74, 6) is -4.99. The number of hydrogen-bond acceptors (Lipinski definition) is 4. The number of nitrogen functional groups attached to an aromatic ring is 1. The van der Waals surface area contributed by atoms with Crippen molar-refractivity contribution in [3.8, 4) is 22.3 Å². The van der Waals surface area contributed by atoms with Gasteiger partial charge in [0, 0.05) is 34.9 Å². The molecule has 0 saturated heterocycles. The fraction of sp³-hybridized carbons (Fsp3) is 0.0333. The van der Waals surface area contributed by atoms with Crippen LogP contribution in [0, 0.1) is 23.3 Å². The second-order valence-electron chi connectivity index (χ2n) is 8.60. The average Bonchev–Trinajstić information content (AvgIpc) is 2.96. The molecule has 4 aromatic carbocycles. The average molecular weight is 584 g/mol. The highest BCUT2D eigenvalue weighted by atomic mass is 19.4. The number of carbonyl (C=O) groups excluding carboxylic acids is 1. The smallest absolute Gasteiger partial charge is 0.398 e. The van der Waals surface area contributed by atoms with Crippen LogP contribution in [0.25, 0.3) is 22.3 Å². The first-order valence-electron chi connectivity index (χ1n) is 12.0. The molecule has 0 aliphatic heterocycles.